The number of anilines is 1. The zero-order valence-corrected chi connectivity index (χ0v) is 9.99. The van der Waals surface area contributed by atoms with Crippen LogP contribution in [-0.4, -0.2) is 12.5 Å². The van der Waals surface area contributed by atoms with Gasteiger partial charge < -0.3 is 11.1 Å². The summed E-state index contributed by atoms with van der Waals surface area (Å²) in [5, 5.41) is 3.27. The normalized spacial score (nSPS) is 11.1. The summed E-state index contributed by atoms with van der Waals surface area (Å²) in [6.45, 7) is 4.60. The summed E-state index contributed by atoms with van der Waals surface area (Å²) in [6.07, 6.45) is 1.53. The van der Waals surface area contributed by atoms with Crippen molar-refractivity contribution in [3.8, 4) is 0 Å². The lowest BCUT2D eigenvalue weighted by Gasteiger charge is -2.28. The summed E-state index contributed by atoms with van der Waals surface area (Å²) < 4.78 is 0. The average molecular weight is 220 g/mol. The van der Waals surface area contributed by atoms with Crippen LogP contribution in [0.2, 0.25) is 0 Å². The minimum absolute atomic E-state index is 0.221. The van der Waals surface area contributed by atoms with Crippen LogP contribution in [0.3, 0.4) is 0 Å². The summed E-state index contributed by atoms with van der Waals surface area (Å²) >= 11 is 0. The third-order valence-corrected chi connectivity index (χ3v) is 3.28. The van der Waals surface area contributed by atoms with Gasteiger partial charge in [-0.15, -0.1) is 0 Å². The minimum Gasteiger partial charge on any atom is -0.384 e. The standard InChI is InChI=1S/C13H20N2O/c1-3-13(4-2,12(14)16)10-15-11-8-6-5-7-9-11/h5-9,15H,3-4,10H2,1-2H3,(H2,14,16). The van der Waals surface area contributed by atoms with E-state index < -0.39 is 5.41 Å². The van der Waals surface area contributed by atoms with E-state index in [1.807, 2.05) is 44.2 Å². The highest BCUT2D eigenvalue weighted by atomic mass is 16.1. The molecule has 3 nitrogen and oxygen atoms in total. The number of nitrogens with one attached hydrogen (secondary N) is 1. The predicted octanol–water partition coefficient (Wildman–Crippen LogP) is 2.39. The molecule has 0 fully saturated rings. The highest BCUT2D eigenvalue weighted by Gasteiger charge is 2.32. The first kappa shape index (κ1) is 12.6. The fourth-order valence-corrected chi connectivity index (χ4v) is 1.76. The fourth-order valence-electron chi connectivity index (χ4n) is 1.76. The van der Waals surface area contributed by atoms with Crippen molar-refractivity contribution in [3.05, 3.63) is 30.3 Å². The van der Waals surface area contributed by atoms with Crippen LogP contribution in [0.4, 0.5) is 5.69 Å². The molecule has 3 heteroatoms. The highest BCUT2D eigenvalue weighted by Crippen LogP contribution is 2.26. The molecule has 3 N–H and O–H groups in total. The molecule has 1 aromatic carbocycles. The quantitative estimate of drug-likeness (QED) is 0.773. The molecular weight excluding hydrogens is 200 g/mol. The van der Waals surface area contributed by atoms with Crippen LogP contribution in [0, 0.1) is 5.41 Å². The first-order valence-electron chi connectivity index (χ1n) is 5.73. The van der Waals surface area contributed by atoms with Crippen LogP contribution in [0.1, 0.15) is 26.7 Å². The summed E-state index contributed by atoms with van der Waals surface area (Å²) in [4.78, 5) is 11.5. The van der Waals surface area contributed by atoms with E-state index in [4.69, 9.17) is 5.73 Å². The van der Waals surface area contributed by atoms with Gasteiger partial charge in [0.15, 0.2) is 0 Å². The van der Waals surface area contributed by atoms with Crippen molar-refractivity contribution >= 4 is 11.6 Å². The molecule has 88 valence electrons. The Hall–Kier alpha value is -1.51. The van der Waals surface area contributed by atoms with Gasteiger partial charge in [-0.1, -0.05) is 32.0 Å². The first-order valence-corrected chi connectivity index (χ1v) is 5.73. The molecule has 0 saturated heterocycles. The minimum atomic E-state index is -0.435. The van der Waals surface area contributed by atoms with Gasteiger partial charge in [0, 0.05) is 12.2 Å². The molecule has 0 aliphatic rings. The Morgan fingerprint density at radius 2 is 1.81 bits per heavy atom. The fraction of sp³-hybridized carbons (Fsp3) is 0.462. The number of hydrogen-bond donors (Lipinski definition) is 2. The van der Waals surface area contributed by atoms with Gasteiger partial charge in [-0.05, 0) is 25.0 Å². The Morgan fingerprint density at radius 3 is 2.25 bits per heavy atom. The zero-order chi connectivity index (χ0) is 12.0. The molecule has 0 heterocycles. The Morgan fingerprint density at radius 1 is 1.25 bits per heavy atom. The maximum atomic E-state index is 11.5. The number of para-hydroxylation sites is 1. The molecular formula is C13H20N2O. The number of primary amides is 1. The van der Waals surface area contributed by atoms with Gasteiger partial charge in [-0.25, -0.2) is 0 Å². The summed E-state index contributed by atoms with van der Waals surface area (Å²) in [5.41, 5.74) is 6.07. The van der Waals surface area contributed by atoms with Crippen molar-refractivity contribution in [3.63, 3.8) is 0 Å². The smallest absolute Gasteiger partial charge is 0.225 e. The molecule has 0 aliphatic heterocycles. The van der Waals surface area contributed by atoms with E-state index in [1.165, 1.54) is 0 Å². The van der Waals surface area contributed by atoms with Gasteiger partial charge >= 0.3 is 0 Å². The van der Waals surface area contributed by atoms with E-state index in [0.29, 0.717) is 6.54 Å². The van der Waals surface area contributed by atoms with Gasteiger partial charge in [0.2, 0.25) is 5.91 Å². The van der Waals surface area contributed by atoms with Gasteiger partial charge in [-0.2, -0.15) is 0 Å². The van der Waals surface area contributed by atoms with Crippen molar-refractivity contribution in [2.45, 2.75) is 26.7 Å². The molecule has 0 unspecified atom stereocenters. The average Bonchev–Trinajstić information content (AvgIpc) is 2.32. The van der Waals surface area contributed by atoms with E-state index >= 15 is 0 Å². The van der Waals surface area contributed by atoms with Gasteiger partial charge in [-0.3, -0.25) is 4.79 Å². The molecule has 1 rings (SSSR count). The molecule has 0 bridgehead atoms. The van der Waals surface area contributed by atoms with Gasteiger partial charge in [0.05, 0.1) is 5.41 Å². The Balaban J connectivity index is 2.67. The van der Waals surface area contributed by atoms with Crippen molar-refractivity contribution in [1.29, 1.82) is 0 Å². The van der Waals surface area contributed by atoms with Crippen LogP contribution >= 0.6 is 0 Å². The lowest BCUT2D eigenvalue weighted by molar-refractivity contribution is -0.127. The second-order valence-electron chi connectivity index (χ2n) is 4.07. The number of amides is 1. The third kappa shape index (κ3) is 2.75. The van der Waals surface area contributed by atoms with Crippen LogP contribution in [0.25, 0.3) is 0 Å². The summed E-state index contributed by atoms with van der Waals surface area (Å²) in [7, 11) is 0. The van der Waals surface area contributed by atoms with Gasteiger partial charge in [0.25, 0.3) is 0 Å². The molecule has 1 aromatic rings. The molecule has 0 radical (unpaired) electrons. The van der Waals surface area contributed by atoms with Crippen molar-refractivity contribution in [2.75, 3.05) is 11.9 Å². The predicted molar refractivity (Wildman–Crippen MR) is 67.1 cm³/mol. The van der Waals surface area contributed by atoms with Crippen molar-refractivity contribution < 1.29 is 4.79 Å². The zero-order valence-electron chi connectivity index (χ0n) is 9.99. The Kier molecular flexibility index (Phi) is 4.35. The SMILES string of the molecule is CCC(CC)(CNc1ccccc1)C(N)=O. The lowest BCUT2D eigenvalue weighted by atomic mass is 9.81. The lowest BCUT2D eigenvalue weighted by Crippen LogP contribution is -2.41. The number of carbonyl (C=O) groups excluding carboxylic acids is 1. The summed E-state index contributed by atoms with van der Waals surface area (Å²) in [6, 6.07) is 9.86. The molecule has 0 spiro atoms. The molecule has 0 aliphatic carbocycles. The van der Waals surface area contributed by atoms with E-state index in [-0.39, 0.29) is 5.91 Å². The Labute approximate surface area is 97.0 Å². The molecule has 0 aromatic heterocycles. The van der Waals surface area contributed by atoms with Crippen LogP contribution in [0.5, 0.6) is 0 Å². The van der Waals surface area contributed by atoms with Crippen molar-refractivity contribution in [1.82, 2.24) is 0 Å². The molecule has 0 saturated carbocycles. The largest absolute Gasteiger partial charge is 0.384 e. The third-order valence-electron chi connectivity index (χ3n) is 3.28. The maximum Gasteiger partial charge on any atom is 0.225 e. The molecule has 1 amide bonds. The van der Waals surface area contributed by atoms with E-state index in [0.717, 1.165) is 18.5 Å². The van der Waals surface area contributed by atoms with Crippen LogP contribution in [0.15, 0.2) is 30.3 Å². The first-order chi connectivity index (χ1) is 7.64. The Bertz CT molecular complexity index is 331. The second-order valence-corrected chi connectivity index (χ2v) is 4.07. The number of rotatable bonds is 6. The van der Waals surface area contributed by atoms with Crippen LogP contribution < -0.4 is 11.1 Å². The van der Waals surface area contributed by atoms with E-state index in [9.17, 15) is 4.79 Å². The number of carbonyl (C=O) groups is 1. The monoisotopic (exact) mass is 220 g/mol. The van der Waals surface area contributed by atoms with Crippen molar-refractivity contribution in [2.24, 2.45) is 11.1 Å². The number of hydrogen-bond acceptors (Lipinski definition) is 2. The van der Waals surface area contributed by atoms with Gasteiger partial charge in [0.1, 0.15) is 0 Å². The molecule has 0 atom stereocenters. The van der Waals surface area contributed by atoms with E-state index in [2.05, 4.69) is 5.32 Å². The molecule has 16 heavy (non-hydrogen) atoms. The van der Waals surface area contributed by atoms with Crippen LogP contribution in [-0.2, 0) is 4.79 Å². The maximum absolute atomic E-state index is 11.5. The second kappa shape index (κ2) is 5.54. The van der Waals surface area contributed by atoms with E-state index in [1.54, 1.807) is 0 Å². The highest BCUT2D eigenvalue weighted by molar-refractivity contribution is 5.81. The summed E-state index contributed by atoms with van der Waals surface area (Å²) in [5.74, 6) is -0.221. The number of nitrogens with two attached hydrogens (primary N) is 1. The topological polar surface area (TPSA) is 55.1 Å². The number of benzene rings is 1.